The van der Waals surface area contributed by atoms with Gasteiger partial charge in [-0.2, -0.15) is 19.6 Å². The van der Waals surface area contributed by atoms with Crippen LogP contribution < -0.4 is 21.3 Å². The Kier molecular flexibility index (Phi) is 10.6. The van der Waals surface area contributed by atoms with Gasteiger partial charge >= 0.3 is 0 Å². The Morgan fingerprint density at radius 1 is 1.00 bits per heavy atom. The van der Waals surface area contributed by atoms with Crippen molar-refractivity contribution in [3.05, 3.63) is 84.3 Å². The number of carbonyl (C=O) groups is 3. The number of rotatable bonds is 15. The van der Waals surface area contributed by atoms with Gasteiger partial charge in [-0.05, 0) is 73.7 Å². The summed E-state index contributed by atoms with van der Waals surface area (Å²) in [6, 6.07) is 18.8. The number of nitrogens with one attached hydrogen (secondary N) is 5. The van der Waals surface area contributed by atoms with Crippen molar-refractivity contribution in [1.82, 2.24) is 39.7 Å². The largest absolute Gasteiger partial charge is 0.385 e. The summed E-state index contributed by atoms with van der Waals surface area (Å²) >= 11 is 0. The molecule has 7 rings (SSSR count). The molecule has 0 aliphatic carbocycles. The van der Waals surface area contributed by atoms with E-state index in [1.807, 2.05) is 30.3 Å². The fourth-order valence-corrected chi connectivity index (χ4v) is 7.84. The van der Waals surface area contributed by atoms with Gasteiger partial charge < -0.3 is 20.9 Å². The molecular formula is C38H41N11O5S. The Balaban J connectivity index is 0.881. The summed E-state index contributed by atoms with van der Waals surface area (Å²) in [6.07, 6.45) is 10.0. The van der Waals surface area contributed by atoms with E-state index in [1.165, 1.54) is 4.31 Å². The molecule has 17 heteroatoms. The van der Waals surface area contributed by atoms with Gasteiger partial charge in [0.25, 0.3) is 5.91 Å². The summed E-state index contributed by atoms with van der Waals surface area (Å²) in [7, 11) is -3.38. The minimum atomic E-state index is -3.38. The fraction of sp³-hybridized carbons (Fsp3) is 0.342. The molecule has 16 nitrogen and oxygen atoms in total. The van der Waals surface area contributed by atoms with Crippen LogP contribution in [0.1, 0.15) is 60.4 Å². The molecule has 5 heterocycles. The average molecular weight is 764 g/mol. The first kappa shape index (κ1) is 37.2. The van der Waals surface area contributed by atoms with Crippen LogP contribution in [0.4, 0.5) is 17.3 Å². The molecule has 2 aliphatic heterocycles. The molecule has 2 saturated heterocycles. The number of sulfonamides is 1. The minimum absolute atomic E-state index is 0.108. The highest BCUT2D eigenvalue weighted by Gasteiger charge is 2.49. The zero-order valence-corrected chi connectivity index (χ0v) is 31.0. The Hall–Kier alpha value is -6.12. The number of H-pyrrole nitrogens is 1. The first-order chi connectivity index (χ1) is 26.5. The normalized spacial score (nSPS) is 16.9. The second kappa shape index (κ2) is 15.7. The van der Waals surface area contributed by atoms with E-state index in [0.29, 0.717) is 53.5 Å². The molecule has 5 aromatic rings. The highest BCUT2D eigenvalue weighted by atomic mass is 32.2. The van der Waals surface area contributed by atoms with Crippen molar-refractivity contribution in [1.29, 1.82) is 5.26 Å². The number of aromatic nitrogens is 5. The number of amides is 3. The summed E-state index contributed by atoms with van der Waals surface area (Å²) in [5.74, 6) is -0.583. The molecule has 0 saturated carbocycles. The molecular weight excluding hydrogens is 723 g/mol. The number of imide groups is 1. The average Bonchev–Trinajstić information content (AvgIpc) is 3.83. The fourth-order valence-electron chi connectivity index (χ4n) is 6.89. The molecule has 2 aromatic carbocycles. The summed E-state index contributed by atoms with van der Waals surface area (Å²) in [5, 5.41) is 26.8. The van der Waals surface area contributed by atoms with Gasteiger partial charge in [0.1, 0.15) is 11.2 Å². The molecule has 5 N–H and O–H groups in total. The molecule has 1 unspecified atom stereocenters. The van der Waals surface area contributed by atoms with Crippen molar-refractivity contribution >= 4 is 56.1 Å². The van der Waals surface area contributed by atoms with E-state index < -0.39 is 15.6 Å². The Bertz CT molecular complexity index is 2360. The number of aromatic amines is 1. The van der Waals surface area contributed by atoms with Crippen molar-refractivity contribution in [3.63, 3.8) is 0 Å². The van der Waals surface area contributed by atoms with Gasteiger partial charge in [0.05, 0.1) is 36.6 Å². The molecule has 2 aliphatic rings. The van der Waals surface area contributed by atoms with Gasteiger partial charge in [-0.15, -0.1) is 0 Å². The second-order valence-electron chi connectivity index (χ2n) is 14.0. The Morgan fingerprint density at radius 2 is 1.75 bits per heavy atom. The van der Waals surface area contributed by atoms with Crippen LogP contribution in [0.15, 0.2) is 73.2 Å². The monoisotopic (exact) mass is 763 g/mol. The summed E-state index contributed by atoms with van der Waals surface area (Å²) in [6.45, 7) is 1.66. The maximum Gasteiger partial charge on any atom is 0.251 e. The molecule has 3 amide bonds. The van der Waals surface area contributed by atoms with E-state index in [4.69, 9.17) is 4.98 Å². The summed E-state index contributed by atoms with van der Waals surface area (Å²) < 4.78 is 27.1. The molecule has 1 atom stereocenters. The van der Waals surface area contributed by atoms with Gasteiger partial charge in [-0.3, -0.25) is 24.4 Å². The highest BCUT2D eigenvalue weighted by molar-refractivity contribution is 7.88. The standard InChI is InChI=1S/C38H41N11O5S/c1-55(53,54)48-23-38(24-48,16-17-39)49-22-27(21-43-49)33-31-15-20-41-34(31)47-37(46-33)44-29-11-7-26(8-12-29)35(51)42-19-4-2-3-18-40-28-9-5-25(6-10-28)30-13-14-32(50)45-36(30)52/h5-12,15,20-22,30,40H,2-4,13-14,16,18-19,23-24H2,1H3,(H,42,51)(H,45,50,52)(H2,41,44,46,47). The molecule has 0 spiro atoms. The number of fused-ring (bicyclic) bond motifs is 1. The summed E-state index contributed by atoms with van der Waals surface area (Å²) in [5.41, 5.74) is 4.22. The predicted octanol–water partition coefficient (Wildman–Crippen LogP) is 3.98. The minimum Gasteiger partial charge on any atom is -0.385 e. The number of anilines is 3. The van der Waals surface area contributed by atoms with Crippen molar-refractivity contribution in [2.75, 3.05) is 43.1 Å². The first-order valence-electron chi connectivity index (χ1n) is 18.1. The van der Waals surface area contributed by atoms with Crippen molar-refractivity contribution < 1.29 is 22.8 Å². The lowest BCUT2D eigenvalue weighted by Crippen LogP contribution is -2.63. The maximum absolute atomic E-state index is 12.8. The van der Waals surface area contributed by atoms with E-state index in [2.05, 4.69) is 42.4 Å². The molecule has 55 heavy (non-hydrogen) atoms. The molecule has 284 valence electrons. The quantitative estimate of drug-likeness (QED) is 0.0758. The van der Waals surface area contributed by atoms with E-state index in [1.54, 1.807) is 47.5 Å². The molecule has 0 radical (unpaired) electrons. The van der Waals surface area contributed by atoms with Crippen LogP contribution in [0.5, 0.6) is 0 Å². The number of carbonyl (C=O) groups excluding carboxylic acids is 3. The number of piperidine rings is 1. The van der Waals surface area contributed by atoms with Gasteiger partial charge in [-0.25, -0.2) is 13.4 Å². The Morgan fingerprint density at radius 3 is 2.47 bits per heavy atom. The van der Waals surface area contributed by atoms with Crippen LogP contribution in [-0.4, -0.2) is 87.6 Å². The first-order valence-corrected chi connectivity index (χ1v) is 19.9. The third-order valence-electron chi connectivity index (χ3n) is 10.00. The van der Waals surface area contributed by atoms with Crippen molar-refractivity contribution in [2.24, 2.45) is 0 Å². The molecule has 2 fully saturated rings. The van der Waals surface area contributed by atoms with Gasteiger partial charge in [-0.1, -0.05) is 12.1 Å². The lowest BCUT2D eigenvalue weighted by atomic mass is 9.89. The van der Waals surface area contributed by atoms with Crippen LogP contribution in [0.2, 0.25) is 0 Å². The van der Waals surface area contributed by atoms with Crippen LogP contribution in [0, 0.1) is 11.3 Å². The van der Waals surface area contributed by atoms with Crippen LogP contribution in [0.3, 0.4) is 0 Å². The van der Waals surface area contributed by atoms with E-state index in [0.717, 1.165) is 48.7 Å². The van der Waals surface area contributed by atoms with Crippen molar-refractivity contribution in [2.45, 2.75) is 50.0 Å². The van der Waals surface area contributed by atoms with E-state index >= 15 is 0 Å². The van der Waals surface area contributed by atoms with Crippen LogP contribution in [-0.2, 0) is 25.2 Å². The van der Waals surface area contributed by atoms with E-state index in [9.17, 15) is 28.1 Å². The number of nitrogens with zero attached hydrogens (tertiary/aromatic N) is 6. The number of nitriles is 1. The van der Waals surface area contributed by atoms with Gasteiger partial charge in [0.2, 0.25) is 27.8 Å². The number of unbranched alkanes of at least 4 members (excludes halogenated alkanes) is 2. The SMILES string of the molecule is CS(=O)(=O)N1CC(CC#N)(n2cc(-c3nc(Nc4ccc(C(=O)NCCCCCNc5ccc(C6CCC(=O)NC6=O)cc5)cc4)nc4[nH]ccc34)cn2)C1. The third kappa shape index (κ3) is 8.35. The highest BCUT2D eigenvalue weighted by Crippen LogP contribution is 2.36. The zero-order valence-electron chi connectivity index (χ0n) is 30.2. The smallest absolute Gasteiger partial charge is 0.251 e. The van der Waals surface area contributed by atoms with Gasteiger partial charge in [0.15, 0.2) is 0 Å². The second-order valence-corrected chi connectivity index (χ2v) is 16.0. The topological polar surface area (TPSA) is 220 Å². The van der Waals surface area contributed by atoms with E-state index in [-0.39, 0.29) is 43.1 Å². The molecule has 0 bridgehead atoms. The van der Waals surface area contributed by atoms with Gasteiger partial charge in [0, 0.05) is 72.9 Å². The third-order valence-corrected chi connectivity index (χ3v) is 11.2. The lowest BCUT2D eigenvalue weighted by molar-refractivity contribution is -0.134. The van der Waals surface area contributed by atoms with Crippen LogP contribution in [0.25, 0.3) is 22.3 Å². The summed E-state index contributed by atoms with van der Waals surface area (Å²) in [4.78, 5) is 48.9. The number of hydrogen-bond acceptors (Lipinski definition) is 11. The van der Waals surface area contributed by atoms with Crippen molar-refractivity contribution in [3.8, 4) is 17.3 Å². The zero-order chi connectivity index (χ0) is 38.6. The maximum atomic E-state index is 12.8. The number of hydrogen-bond donors (Lipinski definition) is 5. The number of benzene rings is 2. The lowest BCUT2D eigenvalue weighted by Gasteiger charge is -2.47. The predicted molar refractivity (Wildman–Crippen MR) is 206 cm³/mol. The Labute approximate surface area is 317 Å². The molecule has 3 aromatic heterocycles. The van der Waals surface area contributed by atoms with Crippen LogP contribution >= 0.6 is 0 Å².